The summed E-state index contributed by atoms with van der Waals surface area (Å²) in [6.45, 7) is 1.61. The third-order valence-electron chi connectivity index (χ3n) is 1.68. The first-order valence-corrected chi connectivity index (χ1v) is 5.43. The largest absolute Gasteiger partial charge is 0.367 e. The third-order valence-corrected chi connectivity index (χ3v) is 2.66. The summed E-state index contributed by atoms with van der Waals surface area (Å²) < 4.78 is 2.42. The normalized spacial score (nSPS) is 10.4. The lowest BCUT2D eigenvalue weighted by Crippen LogP contribution is -2.10. The smallest absolute Gasteiger partial charge is 0.185 e. The van der Waals surface area contributed by atoms with E-state index in [0.29, 0.717) is 4.47 Å². The minimum Gasteiger partial charge on any atom is -0.367 e. The number of hydrogen-bond donors (Lipinski definition) is 1. The van der Waals surface area contributed by atoms with Crippen molar-refractivity contribution in [3.8, 4) is 0 Å². The molecule has 0 spiro atoms. The molecular formula is C8H9ClN4S. The van der Waals surface area contributed by atoms with Gasteiger partial charge in [-0.1, -0.05) is 11.6 Å². The average molecular weight is 229 g/mol. The van der Waals surface area contributed by atoms with Gasteiger partial charge < -0.3 is 5.32 Å². The van der Waals surface area contributed by atoms with E-state index in [1.165, 1.54) is 11.3 Å². The zero-order chi connectivity index (χ0) is 9.80. The zero-order valence-electron chi connectivity index (χ0n) is 7.35. The van der Waals surface area contributed by atoms with Gasteiger partial charge in [-0.25, -0.2) is 4.98 Å². The predicted molar refractivity (Wildman–Crippen MR) is 57.8 cm³/mol. The van der Waals surface area contributed by atoms with Gasteiger partial charge in [0.15, 0.2) is 4.47 Å². The highest BCUT2D eigenvalue weighted by Gasteiger charge is 1.97. The molecule has 2 rings (SSSR count). The zero-order valence-corrected chi connectivity index (χ0v) is 8.92. The van der Waals surface area contributed by atoms with Crippen LogP contribution in [-0.2, 0) is 6.54 Å². The molecule has 0 fully saturated rings. The molecule has 0 aliphatic rings. The number of rotatable bonds is 4. The van der Waals surface area contributed by atoms with Crippen molar-refractivity contribution < 1.29 is 0 Å². The molecule has 2 aromatic heterocycles. The number of aromatic nitrogens is 3. The Kier molecular flexibility index (Phi) is 3.00. The van der Waals surface area contributed by atoms with Crippen LogP contribution in [0.2, 0.25) is 4.47 Å². The van der Waals surface area contributed by atoms with Gasteiger partial charge in [0.2, 0.25) is 0 Å². The van der Waals surface area contributed by atoms with E-state index in [1.54, 1.807) is 6.20 Å². The molecule has 6 heteroatoms. The summed E-state index contributed by atoms with van der Waals surface area (Å²) in [7, 11) is 0. The third kappa shape index (κ3) is 2.46. The molecule has 0 amide bonds. The number of hydrogen-bond acceptors (Lipinski definition) is 4. The molecule has 14 heavy (non-hydrogen) atoms. The molecule has 0 saturated heterocycles. The van der Waals surface area contributed by atoms with Crippen molar-refractivity contribution in [1.82, 2.24) is 14.8 Å². The van der Waals surface area contributed by atoms with E-state index in [2.05, 4.69) is 15.4 Å². The Hall–Kier alpha value is -1.07. The van der Waals surface area contributed by atoms with E-state index in [1.807, 2.05) is 22.3 Å². The van der Waals surface area contributed by atoms with Crippen LogP contribution in [-0.4, -0.2) is 21.3 Å². The fraction of sp³-hybridized carbons (Fsp3) is 0.250. The van der Waals surface area contributed by atoms with Gasteiger partial charge in [-0.2, -0.15) is 5.10 Å². The van der Waals surface area contributed by atoms with Gasteiger partial charge in [0.25, 0.3) is 0 Å². The van der Waals surface area contributed by atoms with Gasteiger partial charge in [0.1, 0.15) is 5.82 Å². The van der Waals surface area contributed by atoms with E-state index in [9.17, 15) is 0 Å². The van der Waals surface area contributed by atoms with E-state index in [-0.39, 0.29) is 0 Å². The van der Waals surface area contributed by atoms with E-state index in [0.717, 1.165) is 18.9 Å². The summed E-state index contributed by atoms with van der Waals surface area (Å²) in [5, 5.41) is 9.14. The fourth-order valence-electron chi connectivity index (χ4n) is 1.06. The Bertz CT molecular complexity index is 384. The SMILES string of the molecule is Clc1nc(NCCn2cccn2)cs1. The molecule has 2 aromatic rings. The van der Waals surface area contributed by atoms with Crippen molar-refractivity contribution in [2.45, 2.75) is 6.54 Å². The molecule has 0 unspecified atom stereocenters. The maximum atomic E-state index is 5.69. The monoisotopic (exact) mass is 228 g/mol. The topological polar surface area (TPSA) is 42.7 Å². The molecule has 0 bridgehead atoms. The Labute approximate surface area is 90.5 Å². The highest BCUT2D eigenvalue weighted by Crippen LogP contribution is 2.18. The molecule has 1 N–H and O–H groups in total. The molecule has 0 aliphatic carbocycles. The van der Waals surface area contributed by atoms with Crippen molar-refractivity contribution in [2.75, 3.05) is 11.9 Å². The Balaban J connectivity index is 1.78. The van der Waals surface area contributed by atoms with Gasteiger partial charge >= 0.3 is 0 Å². The molecule has 0 saturated carbocycles. The lowest BCUT2D eigenvalue weighted by molar-refractivity contribution is 0.637. The maximum Gasteiger partial charge on any atom is 0.185 e. The van der Waals surface area contributed by atoms with Crippen LogP contribution in [0.25, 0.3) is 0 Å². The number of thiazole rings is 1. The Morgan fingerprint density at radius 3 is 3.14 bits per heavy atom. The first-order chi connectivity index (χ1) is 6.84. The van der Waals surface area contributed by atoms with Crippen molar-refractivity contribution >= 4 is 28.8 Å². The minimum atomic E-state index is 0.562. The van der Waals surface area contributed by atoms with Gasteiger partial charge in [0.05, 0.1) is 6.54 Å². The van der Waals surface area contributed by atoms with Crippen LogP contribution in [0, 0.1) is 0 Å². The second kappa shape index (κ2) is 4.43. The van der Waals surface area contributed by atoms with Crippen LogP contribution in [0.3, 0.4) is 0 Å². The lowest BCUT2D eigenvalue weighted by atomic mass is 10.6. The maximum absolute atomic E-state index is 5.69. The molecule has 74 valence electrons. The Morgan fingerprint density at radius 2 is 2.50 bits per heavy atom. The van der Waals surface area contributed by atoms with Gasteiger partial charge in [-0.3, -0.25) is 4.68 Å². The predicted octanol–water partition coefficient (Wildman–Crippen LogP) is 2.11. The summed E-state index contributed by atoms with van der Waals surface area (Å²) in [5.41, 5.74) is 0. The van der Waals surface area contributed by atoms with Crippen LogP contribution in [0.1, 0.15) is 0 Å². The number of nitrogens with one attached hydrogen (secondary N) is 1. The second-order valence-electron chi connectivity index (χ2n) is 2.68. The van der Waals surface area contributed by atoms with Gasteiger partial charge in [-0.05, 0) is 6.07 Å². The molecule has 0 aromatic carbocycles. The summed E-state index contributed by atoms with van der Waals surface area (Å²) >= 11 is 7.11. The van der Waals surface area contributed by atoms with E-state index in [4.69, 9.17) is 11.6 Å². The van der Waals surface area contributed by atoms with Crippen LogP contribution in [0.4, 0.5) is 5.82 Å². The summed E-state index contributed by atoms with van der Waals surface area (Å²) in [6, 6.07) is 1.90. The number of anilines is 1. The van der Waals surface area contributed by atoms with Gasteiger partial charge in [-0.15, -0.1) is 11.3 Å². The lowest BCUT2D eigenvalue weighted by Gasteiger charge is -2.02. The summed E-state index contributed by atoms with van der Waals surface area (Å²) in [5.74, 6) is 0.826. The summed E-state index contributed by atoms with van der Waals surface area (Å²) in [6.07, 6.45) is 3.69. The van der Waals surface area contributed by atoms with Crippen molar-refractivity contribution in [2.24, 2.45) is 0 Å². The average Bonchev–Trinajstić information content (AvgIpc) is 2.77. The summed E-state index contributed by atoms with van der Waals surface area (Å²) in [4.78, 5) is 4.07. The fourth-order valence-corrected chi connectivity index (χ4v) is 1.78. The minimum absolute atomic E-state index is 0.562. The van der Waals surface area contributed by atoms with Crippen LogP contribution < -0.4 is 5.32 Å². The van der Waals surface area contributed by atoms with Crippen molar-refractivity contribution in [3.05, 3.63) is 28.3 Å². The molecule has 0 aliphatic heterocycles. The van der Waals surface area contributed by atoms with E-state index >= 15 is 0 Å². The quantitative estimate of drug-likeness (QED) is 0.872. The van der Waals surface area contributed by atoms with Crippen LogP contribution in [0.15, 0.2) is 23.8 Å². The number of nitrogens with zero attached hydrogens (tertiary/aromatic N) is 3. The molecule has 0 radical (unpaired) electrons. The second-order valence-corrected chi connectivity index (χ2v) is 4.12. The van der Waals surface area contributed by atoms with Gasteiger partial charge in [0, 0.05) is 24.3 Å². The van der Waals surface area contributed by atoms with Crippen molar-refractivity contribution in [3.63, 3.8) is 0 Å². The highest BCUT2D eigenvalue weighted by molar-refractivity contribution is 7.14. The molecular weight excluding hydrogens is 220 g/mol. The Morgan fingerprint density at radius 1 is 1.57 bits per heavy atom. The van der Waals surface area contributed by atoms with Crippen LogP contribution in [0.5, 0.6) is 0 Å². The first-order valence-electron chi connectivity index (χ1n) is 4.17. The highest BCUT2D eigenvalue weighted by atomic mass is 35.5. The van der Waals surface area contributed by atoms with E-state index < -0.39 is 0 Å². The standard InChI is InChI=1S/C8H9ClN4S/c9-8-12-7(6-14-8)10-3-5-13-4-1-2-11-13/h1-2,4,6,10H,3,5H2. The molecule has 2 heterocycles. The first kappa shape index (κ1) is 9.48. The molecule has 0 atom stereocenters. The molecule has 4 nitrogen and oxygen atoms in total. The van der Waals surface area contributed by atoms with Crippen molar-refractivity contribution in [1.29, 1.82) is 0 Å². The number of halogens is 1. The van der Waals surface area contributed by atoms with Crippen LogP contribution >= 0.6 is 22.9 Å².